The van der Waals surface area contributed by atoms with E-state index in [1.54, 1.807) is 18.2 Å². The number of thiocarbonyl (C=S) groups is 1. The third kappa shape index (κ3) is 4.62. The van der Waals surface area contributed by atoms with Gasteiger partial charge in [0.05, 0.1) is 12.1 Å². The zero-order chi connectivity index (χ0) is 15.4. The number of nitrogens with one attached hydrogen (secondary N) is 1. The number of hydrogen-bond acceptors (Lipinski definition) is 2. The molecule has 0 aliphatic carbocycles. The van der Waals surface area contributed by atoms with E-state index >= 15 is 0 Å². The highest BCUT2D eigenvalue weighted by Gasteiger charge is 2.08. The van der Waals surface area contributed by atoms with Crippen LogP contribution < -0.4 is 11.1 Å². The van der Waals surface area contributed by atoms with Crippen LogP contribution in [0.4, 0.5) is 5.69 Å². The maximum Gasteiger partial charge on any atom is 0.228 e. The number of amides is 1. The van der Waals surface area contributed by atoms with Crippen LogP contribution in [-0.4, -0.2) is 10.9 Å². The molecule has 21 heavy (non-hydrogen) atoms. The van der Waals surface area contributed by atoms with Gasteiger partial charge in [-0.1, -0.05) is 40.3 Å². The summed E-state index contributed by atoms with van der Waals surface area (Å²) in [5.74, 6) is -0.0862. The van der Waals surface area contributed by atoms with Crippen molar-refractivity contribution in [3.8, 4) is 0 Å². The molecule has 3 nitrogen and oxygen atoms in total. The van der Waals surface area contributed by atoms with Gasteiger partial charge in [-0.3, -0.25) is 4.79 Å². The molecule has 0 fully saturated rings. The van der Waals surface area contributed by atoms with Gasteiger partial charge < -0.3 is 11.1 Å². The quantitative estimate of drug-likeness (QED) is 0.724. The molecule has 0 saturated carbocycles. The van der Waals surface area contributed by atoms with Crippen molar-refractivity contribution in [1.82, 2.24) is 0 Å². The van der Waals surface area contributed by atoms with Crippen LogP contribution in [0.2, 0.25) is 0 Å². The summed E-state index contributed by atoms with van der Waals surface area (Å²) in [6.45, 7) is 0. The first kappa shape index (κ1) is 16.1. The van der Waals surface area contributed by atoms with Gasteiger partial charge in [-0.25, -0.2) is 0 Å². The number of benzene rings is 2. The molecule has 2 aromatic carbocycles. The smallest absolute Gasteiger partial charge is 0.228 e. The Morgan fingerprint density at radius 2 is 1.95 bits per heavy atom. The van der Waals surface area contributed by atoms with E-state index in [4.69, 9.17) is 18.0 Å². The standard InChI is InChI=1S/C15H12Br2N2OS/c16-11-3-1-2-9(6-11)7-14(20)19-13-5-4-10(15(18)21)8-12(13)17/h1-6,8H,7H2,(H2,18,21)(H,19,20). The lowest BCUT2D eigenvalue weighted by molar-refractivity contribution is -0.115. The third-order valence-electron chi connectivity index (χ3n) is 2.78. The normalized spacial score (nSPS) is 10.2. The van der Waals surface area contributed by atoms with Crippen molar-refractivity contribution in [1.29, 1.82) is 0 Å². The second-order valence-electron chi connectivity index (χ2n) is 4.41. The molecule has 1 amide bonds. The number of hydrogen-bond donors (Lipinski definition) is 2. The maximum atomic E-state index is 12.1. The zero-order valence-corrected chi connectivity index (χ0v) is 14.9. The van der Waals surface area contributed by atoms with E-state index < -0.39 is 0 Å². The Kier molecular flexibility index (Phi) is 5.50. The van der Waals surface area contributed by atoms with Crippen LogP contribution in [0.15, 0.2) is 51.4 Å². The Morgan fingerprint density at radius 3 is 2.57 bits per heavy atom. The molecule has 0 aliphatic heterocycles. The molecule has 0 heterocycles. The lowest BCUT2D eigenvalue weighted by Gasteiger charge is -2.09. The predicted molar refractivity (Wildman–Crippen MR) is 96.5 cm³/mol. The fourth-order valence-corrected chi connectivity index (χ4v) is 2.85. The predicted octanol–water partition coefficient (Wildman–Crippen LogP) is 4.03. The highest BCUT2D eigenvalue weighted by molar-refractivity contribution is 9.10. The summed E-state index contributed by atoms with van der Waals surface area (Å²) < 4.78 is 1.70. The topological polar surface area (TPSA) is 55.1 Å². The van der Waals surface area contributed by atoms with Gasteiger partial charge in [0, 0.05) is 14.5 Å². The molecule has 0 aliphatic rings. The van der Waals surface area contributed by atoms with Gasteiger partial charge in [-0.05, 0) is 51.8 Å². The second-order valence-corrected chi connectivity index (χ2v) is 6.62. The van der Waals surface area contributed by atoms with Crippen molar-refractivity contribution < 1.29 is 4.79 Å². The van der Waals surface area contributed by atoms with Gasteiger partial charge in [0.25, 0.3) is 0 Å². The molecule has 6 heteroatoms. The summed E-state index contributed by atoms with van der Waals surface area (Å²) in [6.07, 6.45) is 0.308. The van der Waals surface area contributed by atoms with Crippen LogP contribution in [-0.2, 0) is 11.2 Å². The number of nitrogens with two attached hydrogens (primary N) is 1. The van der Waals surface area contributed by atoms with Crippen LogP contribution in [0.1, 0.15) is 11.1 Å². The molecular formula is C15H12Br2N2OS. The molecule has 0 unspecified atom stereocenters. The Labute approximate surface area is 145 Å². The molecular weight excluding hydrogens is 416 g/mol. The van der Waals surface area contributed by atoms with Gasteiger partial charge in [-0.15, -0.1) is 0 Å². The fourth-order valence-electron chi connectivity index (χ4n) is 1.80. The third-order valence-corrected chi connectivity index (χ3v) is 4.17. The number of rotatable bonds is 4. The van der Waals surface area contributed by atoms with Crippen molar-refractivity contribution in [3.05, 3.63) is 62.5 Å². The Morgan fingerprint density at radius 1 is 1.19 bits per heavy atom. The van der Waals surface area contributed by atoms with Gasteiger partial charge >= 0.3 is 0 Å². The highest BCUT2D eigenvalue weighted by Crippen LogP contribution is 2.24. The van der Waals surface area contributed by atoms with Crippen LogP contribution in [0.5, 0.6) is 0 Å². The van der Waals surface area contributed by atoms with E-state index in [2.05, 4.69) is 37.2 Å². The Bertz CT molecular complexity index is 704. The van der Waals surface area contributed by atoms with Crippen LogP contribution in [0.3, 0.4) is 0 Å². The molecule has 0 radical (unpaired) electrons. The lowest BCUT2D eigenvalue weighted by Crippen LogP contribution is -2.15. The number of anilines is 1. The van der Waals surface area contributed by atoms with Crippen molar-refractivity contribution in [2.24, 2.45) is 5.73 Å². The van der Waals surface area contributed by atoms with E-state index in [1.165, 1.54) is 0 Å². The van der Waals surface area contributed by atoms with Gasteiger partial charge in [-0.2, -0.15) is 0 Å². The maximum absolute atomic E-state index is 12.1. The summed E-state index contributed by atoms with van der Waals surface area (Å²) in [7, 11) is 0. The van der Waals surface area contributed by atoms with Crippen LogP contribution >= 0.6 is 44.1 Å². The fraction of sp³-hybridized carbons (Fsp3) is 0.0667. The number of carbonyl (C=O) groups is 1. The van der Waals surface area contributed by atoms with Crippen molar-refractivity contribution in [3.63, 3.8) is 0 Å². The Hall–Kier alpha value is -1.24. The average Bonchev–Trinajstić information content (AvgIpc) is 2.40. The first-order valence-electron chi connectivity index (χ1n) is 6.09. The summed E-state index contributed by atoms with van der Waals surface area (Å²) >= 11 is 11.7. The summed E-state index contributed by atoms with van der Waals surface area (Å²) in [4.78, 5) is 12.4. The van der Waals surface area contributed by atoms with E-state index in [0.29, 0.717) is 17.1 Å². The summed E-state index contributed by atoms with van der Waals surface area (Å²) in [5, 5.41) is 2.86. The lowest BCUT2D eigenvalue weighted by atomic mass is 10.1. The van der Waals surface area contributed by atoms with Crippen molar-refractivity contribution in [2.75, 3.05) is 5.32 Å². The van der Waals surface area contributed by atoms with E-state index in [-0.39, 0.29) is 5.91 Å². The molecule has 3 N–H and O–H groups in total. The van der Waals surface area contributed by atoms with Crippen molar-refractivity contribution >= 4 is 60.7 Å². The van der Waals surface area contributed by atoms with E-state index in [1.807, 2.05) is 24.3 Å². The number of halogens is 2. The molecule has 0 aromatic heterocycles. The summed E-state index contributed by atoms with van der Waals surface area (Å²) in [6, 6.07) is 13.0. The van der Waals surface area contributed by atoms with Gasteiger partial charge in [0.1, 0.15) is 4.99 Å². The van der Waals surface area contributed by atoms with Crippen molar-refractivity contribution in [2.45, 2.75) is 6.42 Å². The van der Waals surface area contributed by atoms with Gasteiger partial charge in [0.2, 0.25) is 5.91 Å². The zero-order valence-electron chi connectivity index (χ0n) is 10.9. The SMILES string of the molecule is NC(=S)c1ccc(NC(=O)Cc2cccc(Br)c2)c(Br)c1. The number of carbonyl (C=O) groups excluding carboxylic acids is 1. The van der Waals surface area contributed by atoms with Crippen LogP contribution in [0, 0.1) is 0 Å². The highest BCUT2D eigenvalue weighted by atomic mass is 79.9. The van der Waals surface area contributed by atoms with Crippen LogP contribution in [0.25, 0.3) is 0 Å². The second kappa shape index (κ2) is 7.15. The Balaban J connectivity index is 2.08. The van der Waals surface area contributed by atoms with E-state index in [9.17, 15) is 4.79 Å². The molecule has 0 atom stereocenters. The molecule has 0 spiro atoms. The van der Waals surface area contributed by atoms with E-state index in [0.717, 1.165) is 20.1 Å². The first-order valence-corrected chi connectivity index (χ1v) is 8.09. The first-order chi connectivity index (χ1) is 9.95. The molecule has 108 valence electrons. The minimum absolute atomic E-state index is 0.0862. The monoisotopic (exact) mass is 426 g/mol. The average molecular weight is 428 g/mol. The molecule has 0 saturated heterocycles. The molecule has 2 rings (SSSR count). The minimum atomic E-state index is -0.0862. The minimum Gasteiger partial charge on any atom is -0.389 e. The molecule has 0 bridgehead atoms. The summed E-state index contributed by atoms with van der Waals surface area (Å²) in [5.41, 5.74) is 7.95. The largest absolute Gasteiger partial charge is 0.389 e. The molecule has 2 aromatic rings. The van der Waals surface area contributed by atoms with Gasteiger partial charge in [0.15, 0.2) is 0 Å².